The van der Waals surface area contributed by atoms with E-state index in [-0.39, 0.29) is 17.4 Å². The molecule has 4 atom stereocenters. The summed E-state index contributed by atoms with van der Waals surface area (Å²) in [4.78, 5) is 11.9. The van der Waals surface area contributed by atoms with E-state index < -0.39 is 16.9 Å². The van der Waals surface area contributed by atoms with Crippen molar-refractivity contribution in [3.05, 3.63) is 41.0 Å². The molecule has 28 heavy (non-hydrogen) atoms. The Morgan fingerprint density at radius 3 is 2.79 bits per heavy atom. The number of rotatable bonds is 3. The van der Waals surface area contributed by atoms with Crippen molar-refractivity contribution in [3.63, 3.8) is 0 Å². The minimum absolute atomic E-state index is 0.0186. The van der Waals surface area contributed by atoms with Gasteiger partial charge in [-0.05, 0) is 43.7 Å². The molecule has 0 spiro atoms. The van der Waals surface area contributed by atoms with Gasteiger partial charge >= 0.3 is 0 Å². The Bertz CT molecular complexity index is 892. The zero-order valence-electron chi connectivity index (χ0n) is 16.7. The number of aliphatic hydroxyl groups is 1. The maximum Gasteiger partial charge on any atom is 0.252 e. The largest absolute Gasteiger partial charge is 0.507 e. The van der Waals surface area contributed by atoms with E-state index in [0.717, 1.165) is 59.5 Å². The molecular formula is C23H31N2O3+. The summed E-state index contributed by atoms with van der Waals surface area (Å²) in [6, 6.07) is 3.71. The van der Waals surface area contributed by atoms with E-state index in [1.165, 1.54) is 12.8 Å². The van der Waals surface area contributed by atoms with Crippen molar-refractivity contribution in [2.75, 3.05) is 20.1 Å². The fourth-order valence-electron chi connectivity index (χ4n) is 6.85. The second-order valence-corrected chi connectivity index (χ2v) is 10.1. The van der Waals surface area contributed by atoms with Crippen LogP contribution in [0.3, 0.4) is 0 Å². The lowest BCUT2D eigenvalue weighted by Gasteiger charge is -2.65. The summed E-state index contributed by atoms with van der Waals surface area (Å²) in [7, 11) is 2.32. The number of fused-ring (bicyclic) bond motifs is 1. The van der Waals surface area contributed by atoms with Crippen LogP contribution in [0.25, 0.3) is 0 Å². The highest BCUT2D eigenvalue weighted by Crippen LogP contribution is 2.62. The molecule has 1 saturated heterocycles. The SMILES string of the molecule is C=C1CC[C@@]2(O)[C@H]3Cc4ccc(C(N)=O)c(O)c4[C@@]2(CC[N@+]3(C)CC2CC2)C1. The van der Waals surface area contributed by atoms with Gasteiger partial charge in [-0.3, -0.25) is 4.79 Å². The maximum absolute atomic E-state index is 12.3. The first kappa shape index (κ1) is 18.2. The van der Waals surface area contributed by atoms with Crippen LogP contribution in [0.15, 0.2) is 24.3 Å². The van der Waals surface area contributed by atoms with E-state index in [0.29, 0.717) is 12.8 Å². The molecular weight excluding hydrogens is 352 g/mol. The molecule has 0 aromatic heterocycles. The number of carbonyl (C=O) groups is 1. The molecule has 3 fully saturated rings. The molecule has 1 aromatic carbocycles. The van der Waals surface area contributed by atoms with Crippen LogP contribution >= 0.6 is 0 Å². The highest BCUT2D eigenvalue weighted by Gasteiger charge is 2.69. The molecule has 2 saturated carbocycles. The summed E-state index contributed by atoms with van der Waals surface area (Å²) < 4.78 is 0.910. The van der Waals surface area contributed by atoms with E-state index in [2.05, 4.69) is 13.6 Å². The summed E-state index contributed by atoms with van der Waals surface area (Å²) >= 11 is 0. The van der Waals surface area contributed by atoms with Crippen molar-refractivity contribution in [2.24, 2.45) is 11.7 Å². The van der Waals surface area contributed by atoms with Gasteiger partial charge < -0.3 is 20.4 Å². The lowest BCUT2D eigenvalue weighted by atomic mass is 9.48. The molecule has 1 aromatic rings. The molecule has 3 aliphatic carbocycles. The van der Waals surface area contributed by atoms with Crippen LogP contribution in [0, 0.1) is 5.92 Å². The summed E-state index contributed by atoms with van der Waals surface area (Å²) in [5, 5.41) is 23.4. The molecule has 5 heteroatoms. The van der Waals surface area contributed by atoms with Crippen LogP contribution in [0.4, 0.5) is 0 Å². The van der Waals surface area contributed by atoms with Crippen molar-refractivity contribution in [1.29, 1.82) is 0 Å². The lowest BCUT2D eigenvalue weighted by molar-refractivity contribution is -0.950. The number of likely N-dealkylation sites (N-methyl/N-ethyl adjacent to an activating group) is 1. The second kappa shape index (κ2) is 5.61. The Labute approximate surface area is 166 Å². The van der Waals surface area contributed by atoms with E-state index in [1.807, 2.05) is 6.07 Å². The summed E-state index contributed by atoms with van der Waals surface area (Å²) in [5.41, 5.74) is 7.17. The molecule has 5 nitrogen and oxygen atoms in total. The molecule has 1 amide bonds. The van der Waals surface area contributed by atoms with E-state index >= 15 is 0 Å². The lowest BCUT2D eigenvalue weighted by Crippen LogP contribution is -2.78. The normalized spacial score (nSPS) is 39.2. The average Bonchev–Trinajstić information content (AvgIpc) is 3.43. The Morgan fingerprint density at radius 1 is 1.36 bits per heavy atom. The van der Waals surface area contributed by atoms with Crippen LogP contribution in [0.5, 0.6) is 5.75 Å². The zero-order valence-corrected chi connectivity index (χ0v) is 16.7. The second-order valence-electron chi connectivity index (χ2n) is 10.1. The van der Waals surface area contributed by atoms with Gasteiger partial charge in [0.2, 0.25) is 0 Å². The van der Waals surface area contributed by atoms with Gasteiger partial charge in [-0.25, -0.2) is 0 Å². The van der Waals surface area contributed by atoms with Gasteiger partial charge in [0.25, 0.3) is 5.91 Å². The topological polar surface area (TPSA) is 83.5 Å². The van der Waals surface area contributed by atoms with Gasteiger partial charge in [0, 0.05) is 29.7 Å². The summed E-state index contributed by atoms with van der Waals surface area (Å²) in [5.74, 6) is 0.142. The van der Waals surface area contributed by atoms with Crippen LogP contribution in [-0.4, -0.2) is 52.4 Å². The molecule has 2 bridgehead atoms. The van der Waals surface area contributed by atoms with Gasteiger partial charge in [-0.2, -0.15) is 0 Å². The van der Waals surface area contributed by atoms with Gasteiger partial charge in [-0.15, -0.1) is 0 Å². The zero-order chi connectivity index (χ0) is 19.9. The highest BCUT2D eigenvalue weighted by molar-refractivity contribution is 5.96. The van der Waals surface area contributed by atoms with Gasteiger partial charge in [-0.1, -0.05) is 18.2 Å². The minimum Gasteiger partial charge on any atom is -0.507 e. The molecule has 5 rings (SSSR count). The third-order valence-electron chi connectivity index (χ3n) is 8.39. The minimum atomic E-state index is -0.892. The van der Waals surface area contributed by atoms with E-state index in [9.17, 15) is 15.0 Å². The number of carbonyl (C=O) groups excluding carboxylic acids is 1. The Hall–Kier alpha value is -1.85. The first-order chi connectivity index (χ1) is 13.2. The van der Waals surface area contributed by atoms with Crippen LogP contribution in [0.2, 0.25) is 0 Å². The van der Waals surface area contributed by atoms with Crippen LogP contribution in [0.1, 0.15) is 60.0 Å². The fraction of sp³-hybridized carbons (Fsp3) is 0.609. The number of phenols is 1. The van der Waals surface area contributed by atoms with Crippen LogP contribution < -0.4 is 5.73 Å². The fourth-order valence-corrected chi connectivity index (χ4v) is 6.85. The van der Waals surface area contributed by atoms with E-state index in [4.69, 9.17) is 5.73 Å². The van der Waals surface area contributed by atoms with E-state index in [1.54, 1.807) is 6.07 Å². The third-order valence-corrected chi connectivity index (χ3v) is 8.39. The van der Waals surface area contributed by atoms with Crippen molar-refractivity contribution in [3.8, 4) is 5.75 Å². The van der Waals surface area contributed by atoms with Crippen molar-refractivity contribution >= 4 is 5.91 Å². The Morgan fingerprint density at radius 2 is 2.11 bits per heavy atom. The smallest absolute Gasteiger partial charge is 0.252 e. The molecule has 150 valence electrons. The number of hydrogen-bond acceptors (Lipinski definition) is 3. The first-order valence-corrected chi connectivity index (χ1v) is 10.6. The third kappa shape index (κ3) is 2.23. The standard InChI is InChI=1S/C23H30N2O3/c1-14-7-8-23(28)18-11-16-5-6-17(21(24)27)20(26)19(16)22(23,12-14)9-10-25(18,2)13-15-3-4-15/h5-6,15,18,28H,1,3-4,7-13H2,2H3,(H2-,24,26,27)/p+1/t18-,22-,23-,25-/m1/s1. The van der Waals surface area contributed by atoms with Gasteiger partial charge in [0.05, 0.1) is 25.7 Å². The van der Waals surface area contributed by atoms with Gasteiger partial charge in [0.1, 0.15) is 17.4 Å². The summed E-state index contributed by atoms with van der Waals surface area (Å²) in [6.45, 7) is 6.36. The van der Waals surface area contributed by atoms with Crippen LogP contribution in [-0.2, 0) is 11.8 Å². The number of allylic oxidation sites excluding steroid dienone is 1. The number of primary amides is 1. The molecule has 0 radical (unpaired) electrons. The highest BCUT2D eigenvalue weighted by atomic mass is 16.3. The maximum atomic E-state index is 12.3. The van der Waals surface area contributed by atoms with Crippen molar-refractivity contribution < 1.29 is 19.5 Å². The predicted octanol–water partition coefficient (Wildman–Crippen LogP) is 2.39. The quantitative estimate of drug-likeness (QED) is 0.554. The number of nitrogens with zero attached hydrogens (tertiary/aromatic N) is 1. The molecule has 4 N–H and O–H groups in total. The number of benzene rings is 1. The monoisotopic (exact) mass is 383 g/mol. The number of hydrogen-bond donors (Lipinski definition) is 3. The first-order valence-electron chi connectivity index (χ1n) is 10.6. The number of quaternary nitrogens is 1. The predicted molar refractivity (Wildman–Crippen MR) is 107 cm³/mol. The summed E-state index contributed by atoms with van der Waals surface area (Å²) in [6.07, 6.45) is 6.31. The van der Waals surface area contributed by atoms with Crippen molar-refractivity contribution in [2.45, 2.75) is 62.0 Å². The number of likely N-dealkylation sites (tertiary alicyclic amines) is 1. The van der Waals surface area contributed by atoms with Crippen molar-refractivity contribution in [1.82, 2.24) is 0 Å². The Balaban J connectivity index is 1.73. The number of amides is 1. The number of aromatic hydroxyl groups is 1. The molecule has 0 unspecified atom stereocenters. The number of piperidine rings is 1. The van der Waals surface area contributed by atoms with Gasteiger partial charge in [0.15, 0.2) is 0 Å². The number of nitrogens with two attached hydrogens (primary N) is 1. The molecule has 1 heterocycles. The Kier molecular flexibility index (Phi) is 3.64. The molecule has 1 aliphatic heterocycles. The molecule has 4 aliphatic rings. The average molecular weight is 384 g/mol.